The van der Waals surface area contributed by atoms with Crippen molar-refractivity contribution in [3.05, 3.63) is 69.4 Å². The highest BCUT2D eigenvalue weighted by molar-refractivity contribution is 7.17. The molecular formula is C24H18ClN3O4S. The van der Waals surface area contributed by atoms with Crippen molar-refractivity contribution in [1.29, 1.82) is 5.26 Å². The first-order chi connectivity index (χ1) is 16.1. The first-order valence-electron chi connectivity index (χ1n) is 10.8. The van der Waals surface area contributed by atoms with Crippen LogP contribution in [0.15, 0.2) is 47.1 Å². The number of hydrogen-bond acceptors (Lipinski definition) is 7. The number of halogens is 1. The molecule has 3 aromatic rings. The summed E-state index contributed by atoms with van der Waals surface area (Å²) in [5, 5.41) is 12.4. The van der Waals surface area contributed by atoms with Gasteiger partial charge in [-0.25, -0.2) is 9.96 Å². The molecule has 7 nitrogen and oxygen atoms in total. The van der Waals surface area contributed by atoms with E-state index >= 15 is 0 Å². The van der Waals surface area contributed by atoms with E-state index in [2.05, 4.69) is 6.07 Å². The molecule has 4 heterocycles. The Labute approximate surface area is 198 Å². The molecule has 0 N–H and O–H groups in total. The van der Waals surface area contributed by atoms with Gasteiger partial charge in [-0.1, -0.05) is 11.6 Å². The molecular weight excluding hydrogens is 462 g/mol. The lowest BCUT2D eigenvalue weighted by Gasteiger charge is -2.27. The quantitative estimate of drug-likeness (QED) is 0.502. The summed E-state index contributed by atoms with van der Waals surface area (Å²) in [6.07, 6.45) is 4.24. The van der Waals surface area contributed by atoms with Gasteiger partial charge in [0.2, 0.25) is 5.91 Å². The lowest BCUT2D eigenvalue weighted by molar-refractivity contribution is -0.126. The van der Waals surface area contributed by atoms with Crippen LogP contribution < -0.4 is 9.96 Å². The van der Waals surface area contributed by atoms with Crippen molar-refractivity contribution in [2.24, 2.45) is 5.92 Å². The number of thiophene rings is 1. The Balaban J connectivity index is 1.42. The molecule has 0 spiro atoms. The van der Waals surface area contributed by atoms with Gasteiger partial charge in [-0.05, 0) is 67.6 Å². The normalized spacial score (nSPS) is 24.2. The van der Waals surface area contributed by atoms with E-state index in [4.69, 9.17) is 20.9 Å². The van der Waals surface area contributed by atoms with Crippen LogP contribution >= 0.6 is 22.9 Å². The van der Waals surface area contributed by atoms with Crippen molar-refractivity contribution in [3.8, 4) is 6.07 Å². The van der Waals surface area contributed by atoms with Gasteiger partial charge in [-0.2, -0.15) is 5.26 Å². The Bertz CT molecular complexity index is 1290. The third kappa shape index (κ3) is 3.04. The van der Waals surface area contributed by atoms with Crippen LogP contribution in [0.3, 0.4) is 0 Å². The van der Waals surface area contributed by atoms with Crippen molar-refractivity contribution in [2.45, 2.75) is 37.8 Å². The van der Waals surface area contributed by atoms with Crippen LogP contribution in [0.4, 0.5) is 10.7 Å². The number of hydrogen-bond donors (Lipinski definition) is 0. The van der Waals surface area contributed by atoms with E-state index in [9.17, 15) is 14.9 Å². The zero-order chi connectivity index (χ0) is 22.7. The zero-order valence-corrected chi connectivity index (χ0v) is 18.9. The van der Waals surface area contributed by atoms with E-state index in [1.165, 1.54) is 22.5 Å². The highest BCUT2D eigenvalue weighted by Gasteiger charge is 2.61. The highest BCUT2D eigenvalue weighted by Crippen LogP contribution is 2.50. The molecule has 6 rings (SSSR count). The molecule has 0 radical (unpaired) electrons. The van der Waals surface area contributed by atoms with Gasteiger partial charge < -0.3 is 4.42 Å². The summed E-state index contributed by atoms with van der Waals surface area (Å²) in [6, 6.07) is 12.1. The Morgan fingerprint density at radius 2 is 1.88 bits per heavy atom. The molecule has 0 saturated carbocycles. The summed E-state index contributed by atoms with van der Waals surface area (Å²) in [4.78, 5) is 35.6. The van der Waals surface area contributed by atoms with Crippen molar-refractivity contribution < 1.29 is 18.8 Å². The van der Waals surface area contributed by atoms with Gasteiger partial charge in [0.15, 0.2) is 6.10 Å². The van der Waals surface area contributed by atoms with Gasteiger partial charge in [0.25, 0.3) is 5.91 Å². The smallest absolute Gasteiger partial charge is 0.267 e. The molecule has 2 aromatic heterocycles. The monoisotopic (exact) mass is 479 g/mol. The van der Waals surface area contributed by atoms with Gasteiger partial charge >= 0.3 is 0 Å². The van der Waals surface area contributed by atoms with E-state index in [1.54, 1.807) is 41.5 Å². The molecule has 2 fully saturated rings. The van der Waals surface area contributed by atoms with Gasteiger partial charge in [-0.3, -0.25) is 14.4 Å². The number of amides is 2. The lowest BCUT2D eigenvalue weighted by atomic mass is 9.94. The Hall–Kier alpha value is -3.12. The van der Waals surface area contributed by atoms with Crippen LogP contribution in [0.2, 0.25) is 5.02 Å². The Morgan fingerprint density at radius 1 is 1.09 bits per heavy atom. The van der Waals surface area contributed by atoms with Crippen molar-refractivity contribution >= 4 is 45.4 Å². The number of nitriles is 1. The number of aryl methyl sites for hydroxylation is 1. The fourth-order valence-electron chi connectivity index (χ4n) is 5.00. The first-order valence-corrected chi connectivity index (χ1v) is 12.0. The minimum atomic E-state index is -1.01. The first kappa shape index (κ1) is 20.5. The summed E-state index contributed by atoms with van der Waals surface area (Å²) >= 11 is 7.42. The highest BCUT2D eigenvalue weighted by atomic mass is 35.5. The number of fused-ring (bicyclic) bond motifs is 2. The number of hydroxylamine groups is 1. The van der Waals surface area contributed by atoms with Gasteiger partial charge in [-0.15, -0.1) is 11.3 Å². The third-order valence-corrected chi connectivity index (χ3v) is 8.03. The van der Waals surface area contributed by atoms with Crippen LogP contribution in [-0.2, 0) is 27.3 Å². The second-order valence-corrected chi connectivity index (χ2v) is 9.85. The molecule has 166 valence electrons. The molecule has 3 atom stereocenters. The molecule has 1 aliphatic carbocycles. The molecule has 2 aliphatic heterocycles. The largest absolute Gasteiger partial charge is 0.467 e. The van der Waals surface area contributed by atoms with Gasteiger partial charge in [0, 0.05) is 9.90 Å². The lowest BCUT2D eigenvalue weighted by Crippen LogP contribution is -2.37. The van der Waals surface area contributed by atoms with Crippen molar-refractivity contribution in [3.63, 3.8) is 0 Å². The Morgan fingerprint density at radius 3 is 2.61 bits per heavy atom. The summed E-state index contributed by atoms with van der Waals surface area (Å²) < 4.78 is 5.66. The van der Waals surface area contributed by atoms with Crippen LogP contribution in [-0.4, -0.2) is 17.9 Å². The fourth-order valence-corrected chi connectivity index (χ4v) is 6.47. The van der Waals surface area contributed by atoms with Crippen molar-refractivity contribution in [1.82, 2.24) is 0 Å². The van der Waals surface area contributed by atoms with E-state index < -0.39 is 24.0 Å². The molecule has 0 unspecified atom stereocenters. The molecule has 2 amide bonds. The van der Waals surface area contributed by atoms with Crippen molar-refractivity contribution in [2.75, 3.05) is 9.96 Å². The van der Waals surface area contributed by atoms with E-state index in [1.807, 2.05) is 0 Å². The van der Waals surface area contributed by atoms with Crippen LogP contribution in [0, 0.1) is 17.2 Å². The second-order valence-electron chi connectivity index (χ2n) is 8.33. The number of rotatable bonds is 3. The molecule has 3 aliphatic rings. The SMILES string of the molecule is N#Cc1c(N2C(=O)[C@H]3[C@@H](c4ccco4)N(c4ccc(Cl)cc4)O[C@H]3C2=O)sc2c1CCCC2. The third-order valence-electron chi connectivity index (χ3n) is 6.50. The summed E-state index contributed by atoms with van der Waals surface area (Å²) in [7, 11) is 0. The van der Waals surface area contributed by atoms with Crippen LogP contribution in [0.1, 0.15) is 40.6 Å². The van der Waals surface area contributed by atoms with Gasteiger partial charge in [0.1, 0.15) is 28.8 Å². The maximum atomic E-state index is 13.7. The molecule has 2 saturated heterocycles. The standard InChI is InChI=1S/C24H18ClN3O4S/c25-13-7-9-14(10-8-13)28-20(17-5-3-11-31-17)19-21(32-28)23(30)27(22(19)29)24-16(12-26)15-4-1-2-6-18(15)33-24/h3,5,7-11,19-21H,1-2,4,6H2/t19-,20+,21+/m0/s1. The number of furan rings is 1. The van der Waals surface area contributed by atoms with Crippen LogP contribution in [0.5, 0.6) is 0 Å². The van der Waals surface area contributed by atoms with E-state index in [0.29, 0.717) is 27.0 Å². The van der Waals surface area contributed by atoms with E-state index in [-0.39, 0.29) is 5.91 Å². The molecule has 0 bridgehead atoms. The summed E-state index contributed by atoms with van der Waals surface area (Å²) in [6.45, 7) is 0. The maximum absolute atomic E-state index is 13.7. The molecule has 33 heavy (non-hydrogen) atoms. The minimum absolute atomic E-state index is 0.377. The predicted molar refractivity (Wildman–Crippen MR) is 122 cm³/mol. The van der Waals surface area contributed by atoms with E-state index in [0.717, 1.165) is 36.1 Å². The average molecular weight is 480 g/mol. The number of benzene rings is 1. The summed E-state index contributed by atoms with van der Waals surface area (Å²) in [5.41, 5.74) is 2.08. The number of anilines is 2. The molecule has 9 heteroatoms. The number of carbonyl (C=O) groups excluding carboxylic acids is 2. The zero-order valence-electron chi connectivity index (χ0n) is 17.4. The fraction of sp³-hybridized carbons (Fsp3) is 0.292. The van der Waals surface area contributed by atoms with Crippen LogP contribution in [0.25, 0.3) is 0 Å². The maximum Gasteiger partial charge on any atom is 0.267 e. The minimum Gasteiger partial charge on any atom is -0.467 e. The number of carbonyl (C=O) groups is 2. The predicted octanol–water partition coefficient (Wildman–Crippen LogP) is 4.80. The second kappa shape index (κ2) is 7.73. The summed E-state index contributed by atoms with van der Waals surface area (Å²) in [5.74, 6) is -1.11. The topological polar surface area (TPSA) is 86.8 Å². The van der Waals surface area contributed by atoms with Gasteiger partial charge in [0.05, 0.1) is 17.5 Å². The number of nitrogens with zero attached hydrogens (tertiary/aromatic N) is 3. The molecule has 1 aromatic carbocycles. The number of imide groups is 1. The average Bonchev–Trinajstić information content (AvgIpc) is 3.58. The Kier molecular flexibility index (Phi) is 4.80.